The number of epoxide rings is 2. The van der Waals surface area contributed by atoms with Gasteiger partial charge in [0.25, 0.3) is 0 Å². The van der Waals surface area contributed by atoms with Crippen molar-refractivity contribution in [3.8, 4) is 0 Å². The van der Waals surface area contributed by atoms with Crippen LogP contribution < -0.4 is 0 Å². The second kappa shape index (κ2) is 4.03. The number of ether oxygens (including phenoxy) is 2. The van der Waals surface area contributed by atoms with Crippen molar-refractivity contribution in [1.82, 2.24) is 0 Å². The number of rotatable bonds is 7. The summed E-state index contributed by atoms with van der Waals surface area (Å²) >= 11 is 0. The molecular weight excluding hydrogens is 207 g/mol. The van der Waals surface area contributed by atoms with Gasteiger partial charge in [-0.05, 0) is 0 Å². The largest absolute Gasteiger partial charge is 0.433 e. The highest BCUT2D eigenvalue weighted by Crippen LogP contribution is 2.51. The van der Waals surface area contributed by atoms with Gasteiger partial charge in [0, 0.05) is 0 Å². The molecule has 0 aliphatic carbocycles. The van der Waals surface area contributed by atoms with Gasteiger partial charge in [0.2, 0.25) is 0 Å². The van der Waals surface area contributed by atoms with Crippen LogP contribution >= 0.6 is 7.60 Å². The van der Waals surface area contributed by atoms with E-state index in [2.05, 4.69) is 6.58 Å². The fourth-order valence-corrected chi connectivity index (χ4v) is 2.61. The summed E-state index contributed by atoms with van der Waals surface area (Å²) in [5.74, 6) is 0. The van der Waals surface area contributed by atoms with Crippen molar-refractivity contribution in [3.05, 3.63) is 12.8 Å². The van der Waals surface area contributed by atoms with Crippen molar-refractivity contribution in [2.45, 2.75) is 12.2 Å². The van der Waals surface area contributed by atoms with E-state index in [9.17, 15) is 4.57 Å². The van der Waals surface area contributed by atoms with E-state index in [0.29, 0.717) is 26.0 Å². The van der Waals surface area contributed by atoms with Crippen molar-refractivity contribution >= 4 is 7.60 Å². The Hall–Kier alpha value is -0.350. The van der Waals surface area contributed by atoms with E-state index in [1.807, 2.05) is 0 Å². The normalized spacial score (nSPS) is 33.1. The zero-order chi connectivity index (χ0) is 10.0. The van der Waals surface area contributed by atoms with E-state index in [1.54, 1.807) is 0 Å². The Morgan fingerprint density at radius 1 is 1.43 bits per heavy atom. The van der Waals surface area contributed by atoms with Gasteiger partial charge in [0.15, 0.2) is 0 Å². The van der Waals surface area contributed by atoms with Crippen molar-refractivity contribution in [1.29, 1.82) is 0 Å². The molecule has 80 valence electrons. The third kappa shape index (κ3) is 3.10. The first-order chi connectivity index (χ1) is 6.72. The van der Waals surface area contributed by atoms with Crippen LogP contribution in [-0.2, 0) is 23.1 Å². The van der Waals surface area contributed by atoms with Crippen LogP contribution in [0.5, 0.6) is 0 Å². The van der Waals surface area contributed by atoms with Gasteiger partial charge < -0.3 is 14.0 Å². The maximum absolute atomic E-state index is 11.9. The lowest BCUT2D eigenvalue weighted by Crippen LogP contribution is -2.06. The van der Waals surface area contributed by atoms with E-state index < -0.39 is 7.60 Å². The second-order valence-corrected chi connectivity index (χ2v) is 5.33. The topological polar surface area (TPSA) is 60.6 Å². The van der Waals surface area contributed by atoms with Crippen LogP contribution in [0.1, 0.15) is 0 Å². The molecule has 0 N–H and O–H groups in total. The Labute approximate surface area is 82.5 Å². The van der Waals surface area contributed by atoms with Gasteiger partial charge in [0.1, 0.15) is 6.10 Å². The van der Waals surface area contributed by atoms with E-state index >= 15 is 0 Å². The van der Waals surface area contributed by atoms with Crippen LogP contribution in [0, 0.1) is 0 Å². The standard InChI is InChI=1S/C8H13O5P/c1-2-12-14(9,6-8-4-11-8)13-5-7-3-10-7/h2,7-8H,1,3-6H2. The van der Waals surface area contributed by atoms with E-state index in [-0.39, 0.29) is 12.2 Å². The monoisotopic (exact) mass is 220 g/mol. The molecule has 6 heteroatoms. The maximum Gasteiger partial charge on any atom is 0.381 e. The van der Waals surface area contributed by atoms with Crippen molar-refractivity contribution < 1.29 is 23.1 Å². The predicted molar refractivity (Wildman–Crippen MR) is 49.2 cm³/mol. The highest BCUT2D eigenvalue weighted by Gasteiger charge is 2.38. The smallest absolute Gasteiger partial charge is 0.381 e. The summed E-state index contributed by atoms with van der Waals surface area (Å²) in [5, 5.41) is 0. The van der Waals surface area contributed by atoms with Gasteiger partial charge in [0.05, 0.1) is 38.3 Å². The molecule has 2 aliphatic rings. The molecule has 0 spiro atoms. The first-order valence-electron chi connectivity index (χ1n) is 4.48. The first-order valence-corrected chi connectivity index (χ1v) is 6.21. The lowest BCUT2D eigenvalue weighted by atomic mass is 10.5. The quantitative estimate of drug-likeness (QED) is 0.366. The van der Waals surface area contributed by atoms with Crippen molar-refractivity contribution in [2.24, 2.45) is 0 Å². The second-order valence-electron chi connectivity index (χ2n) is 3.27. The fourth-order valence-electron chi connectivity index (χ4n) is 1.02. The van der Waals surface area contributed by atoms with Crippen LogP contribution in [0.2, 0.25) is 0 Å². The zero-order valence-electron chi connectivity index (χ0n) is 7.76. The molecular formula is C8H13O5P. The van der Waals surface area contributed by atoms with Gasteiger partial charge in [-0.15, -0.1) is 0 Å². The molecule has 0 aromatic heterocycles. The summed E-state index contributed by atoms with van der Waals surface area (Å²) in [6.07, 6.45) is 1.54. The Balaban J connectivity index is 1.81. The summed E-state index contributed by atoms with van der Waals surface area (Å²) in [7, 11) is -3.05. The first kappa shape index (κ1) is 10.2. The predicted octanol–water partition coefficient (Wildman–Crippen LogP) is 1.15. The molecule has 0 saturated carbocycles. The third-order valence-corrected chi connectivity index (χ3v) is 3.79. The molecule has 2 aliphatic heterocycles. The molecule has 2 rings (SSSR count). The van der Waals surface area contributed by atoms with E-state index in [0.717, 1.165) is 6.26 Å². The molecule has 2 heterocycles. The summed E-state index contributed by atoms with van der Waals surface area (Å²) in [6.45, 7) is 4.99. The minimum atomic E-state index is -3.05. The summed E-state index contributed by atoms with van der Waals surface area (Å²) in [6, 6.07) is 0. The Morgan fingerprint density at radius 3 is 2.57 bits per heavy atom. The fraction of sp³-hybridized carbons (Fsp3) is 0.750. The average Bonchev–Trinajstić information content (AvgIpc) is 2.97. The molecule has 0 radical (unpaired) electrons. The molecule has 2 saturated heterocycles. The van der Waals surface area contributed by atoms with E-state index in [1.165, 1.54) is 0 Å². The molecule has 14 heavy (non-hydrogen) atoms. The van der Waals surface area contributed by atoms with Gasteiger partial charge in [-0.1, -0.05) is 6.58 Å². The maximum atomic E-state index is 11.9. The van der Waals surface area contributed by atoms with Crippen LogP contribution in [0.25, 0.3) is 0 Å². The van der Waals surface area contributed by atoms with Gasteiger partial charge in [-0.2, -0.15) is 0 Å². The van der Waals surface area contributed by atoms with Crippen LogP contribution in [0.4, 0.5) is 0 Å². The Morgan fingerprint density at radius 2 is 2.07 bits per heavy atom. The van der Waals surface area contributed by atoms with Crippen LogP contribution in [0.15, 0.2) is 12.8 Å². The third-order valence-electron chi connectivity index (χ3n) is 1.92. The molecule has 0 bridgehead atoms. The summed E-state index contributed by atoms with van der Waals surface area (Å²) in [5.41, 5.74) is 0. The van der Waals surface area contributed by atoms with Crippen molar-refractivity contribution in [2.75, 3.05) is 26.0 Å². The SMILES string of the molecule is C=COP(=O)(CC1CO1)OCC1CO1. The molecule has 0 amide bonds. The summed E-state index contributed by atoms with van der Waals surface area (Å²) in [4.78, 5) is 0. The molecule has 2 fully saturated rings. The van der Waals surface area contributed by atoms with Gasteiger partial charge in [-0.3, -0.25) is 4.52 Å². The van der Waals surface area contributed by atoms with Crippen LogP contribution in [0.3, 0.4) is 0 Å². The minimum Gasteiger partial charge on any atom is -0.433 e. The number of hydrogen-bond acceptors (Lipinski definition) is 5. The highest BCUT2D eigenvalue weighted by atomic mass is 31.2. The zero-order valence-corrected chi connectivity index (χ0v) is 8.65. The molecule has 3 unspecified atom stereocenters. The Bertz CT molecular complexity index is 258. The Kier molecular flexibility index (Phi) is 2.93. The summed E-state index contributed by atoms with van der Waals surface area (Å²) < 4.78 is 32.0. The molecule has 0 aromatic carbocycles. The van der Waals surface area contributed by atoms with Crippen molar-refractivity contribution in [3.63, 3.8) is 0 Å². The molecule has 5 nitrogen and oxygen atoms in total. The average molecular weight is 220 g/mol. The molecule has 0 aromatic rings. The lowest BCUT2D eigenvalue weighted by molar-refractivity contribution is 0.219. The highest BCUT2D eigenvalue weighted by molar-refractivity contribution is 7.54. The lowest BCUT2D eigenvalue weighted by Gasteiger charge is -2.15. The van der Waals surface area contributed by atoms with Gasteiger partial charge >= 0.3 is 7.60 Å². The molecule has 3 atom stereocenters. The van der Waals surface area contributed by atoms with Crippen LogP contribution in [-0.4, -0.2) is 38.2 Å². The van der Waals surface area contributed by atoms with E-state index in [4.69, 9.17) is 18.5 Å². The minimum absolute atomic E-state index is 0.0147. The van der Waals surface area contributed by atoms with Gasteiger partial charge in [-0.25, -0.2) is 4.57 Å². The number of hydrogen-bond donors (Lipinski definition) is 0.